The first kappa shape index (κ1) is 15.2. The van der Waals surface area contributed by atoms with E-state index in [1.807, 2.05) is 0 Å². The second-order valence-electron chi connectivity index (χ2n) is 4.18. The molecule has 21 heavy (non-hydrogen) atoms. The zero-order valence-corrected chi connectivity index (χ0v) is 11.9. The van der Waals surface area contributed by atoms with Gasteiger partial charge in [-0.25, -0.2) is 8.78 Å². The van der Waals surface area contributed by atoms with Crippen molar-refractivity contribution < 1.29 is 13.7 Å². The van der Waals surface area contributed by atoms with Crippen LogP contribution < -0.4 is 5.32 Å². The molecule has 2 aromatic carbocycles. The summed E-state index contributed by atoms with van der Waals surface area (Å²) in [5.41, 5.74) is 0.988. The van der Waals surface area contributed by atoms with Crippen LogP contribution in [0, 0.1) is 21.7 Å². The molecule has 2 aromatic rings. The summed E-state index contributed by atoms with van der Waals surface area (Å²) >= 11 is 1.09. The van der Waals surface area contributed by atoms with Crippen LogP contribution >= 0.6 is 11.8 Å². The van der Waals surface area contributed by atoms with Gasteiger partial charge in [0, 0.05) is 23.8 Å². The molecule has 0 aliphatic heterocycles. The van der Waals surface area contributed by atoms with E-state index in [1.54, 1.807) is 19.2 Å². The third kappa shape index (κ3) is 3.49. The van der Waals surface area contributed by atoms with Gasteiger partial charge in [0.15, 0.2) is 0 Å². The van der Waals surface area contributed by atoms with Crippen LogP contribution in [0.2, 0.25) is 0 Å². The monoisotopic (exact) mass is 310 g/mol. The predicted octanol–water partition coefficient (Wildman–Crippen LogP) is 4.21. The number of nitrogens with zero attached hydrogens (tertiary/aromatic N) is 1. The number of benzene rings is 2. The summed E-state index contributed by atoms with van der Waals surface area (Å²) in [6.07, 6.45) is 0. The fourth-order valence-electron chi connectivity index (χ4n) is 1.89. The topological polar surface area (TPSA) is 55.2 Å². The molecule has 0 fully saturated rings. The maximum atomic E-state index is 13.6. The van der Waals surface area contributed by atoms with E-state index in [2.05, 4.69) is 5.32 Å². The van der Waals surface area contributed by atoms with E-state index in [9.17, 15) is 18.9 Å². The first-order valence-corrected chi connectivity index (χ1v) is 7.03. The van der Waals surface area contributed by atoms with Crippen LogP contribution in [-0.2, 0) is 5.75 Å². The van der Waals surface area contributed by atoms with Crippen molar-refractivity contribution in [3.05, 3.63) is 63.7 Å². The number of hydrogen-bond donors (Lipinski definition) is 1. The lowest BCUT2D eigenvalue weighted by Gasteiger charge is -2.09. The second-order valence-corrected chi connectivity index (χ2v) is 5.20. The Hall–Kier alpha value is -2.15. The van der Waals surface area contributed by atoms with Gasteiger partial charge in [0.1, 0.15) is 17.3 Å². The molecule has 0 amide bonds. The van der Waals surface area contributed by atoms with Gasteiger partial charge in [-0.2, -0.15) is 0 Å². The molecule has 0 radical (unpaired) electrons. The summed E-state index contributed by atoms with van der Waals surface area (Å²) in [4.78, 5) is 10.6. The number of para-hydroxylation sites is 1. The molecular formula is C14H12F2N2O2S. The lowest BCUT2D eigenvalue weighted by molar-refractivity contribution is -0.384. The van der Waals surface area contributed by atoms with Crippen LogP contribution in [0.25, 0.3) is 0 Å². The summed E-state index contributed by atoms with van der Waals surface area (Å²) in [7, 11) is 1.58. The highest BCUT2D eigenvalue weighted by Crippen LogP contribution is 2.33. The molecule has 0 aromatic heterocycles. The van der Waals surface area contributed by atoms with E-state index in [0.29, 0.717) is 11.3 Å². The van der Waals surface area contributed by atoms with E-state index in [1.165, 1.54) is 6.07 Å². The summed E-state index contributed by atoms with van der Waals surface area (Å²) in [6.45, 7) is 0. The molecule has 0 aliphatic rings. The Labute approximate surface area is 124 Å². The van der Waals surface area contributed by atoms with Crippen molar-refractivity contribution in [2.75, 3.05) is 12.4 Å². The van der Waals surface area contributed by atoms with Gasteiger partial charge in [-0.05, 0) is 23.8 Å². The number of thioether (sulfide) groups is 1. The zero-order valence-electron chi connectivity index (χ0n) is 11.1. The molecule has 0 heterocycles. The van der Waals surface area contributed by atoms with Crippen LogP contribution in [0.3, 0.4) is 0 Å². The van der Waals surface area contributed by atoms with Crippen LogP contribution in [-0.4, -0.2) is 12.0 Å². The highest BCUT2D eigenvalue weighted by Gasteiger charge is 2.16. The Kier molecular flexibility index (Phi) is 4.74. The number of nitro benzene ring substituents is 1. The number of nitro groups is 1. The number of halogens is 2. The third-order valence-electron chi connectivity index (χ3n) is 2.85. The predicted molar refractivity (Wildman–Crippen MR) is 78.6 cm³/mol. The van der Waals surface area contributed by atoms with E-state index >= 15 is 0 Å². The first-order valence-electron chi connectivity index (χ1n) is 6.05. The average Bonchev–Trinajstić information content (AvgIpc) is 2.47. The van der Waals surface area contributed by atoms with Crippen molar-refractivity contribution in [1.82, 2.24) is 0 Å². The van der Waals surface area contributed by atoms with E-state index in [4.69, 9.17) is 0 Å². The maximum Gasteiger partial charge on any atom is 0.292 e. The molecule has 0 saturated carbocycles. The van der Waals surface area contributed by atoms with Crippen LogP contribution in [0.4, 0.5) is 20.2 Å². The van der Waals surface area contributed by atoms with Crippen molar-refractivity contribution in [3.63, 3.8) is 0 Å². The Morgan fingerprint density at radius 3 is 2.71 bits per heavy atom. The summed E-state index contributed by atoms with van der Waals surface area (Å²) in [6, 6.07) is 7.88. The van der Waals surface area contributed by atoms with Gasteiger partial charge in [-0.1, -0.05) is 12.1 Å². The number of rotatable bonds is 5. The number of hydrogen-bond acceptors (Lipinski definition) is 4. The molecule has 2 rings (SSSR count). The summed E-state index contributed by atoms with van der Waals surface area (Å²) in [5.74, 6) is -0.747. The molecule has 110 valence electrons. The van der Waals surface area contributed by atoms with E-state index in [0.717, 1.165) is 30.0 Å². The van der Waals surface area contributed by atoms with Gasteiger partial charge in [-0.15, -0.1) is 11.8 Å². The molecular weight excluding hydrogens is 298 g/mol. The van der Waals surface area contributed by atoms with Crippen molar-refractivity contribution >= 4 is 23.1 Å². The van der Waals surface area contributed by atoms with Crippen molar-refractivity contribution in [1.29, 1.82) is 0 Å². The molecule has 1 N–H and O–H groups in total. The standard InChI is InChI=1S/C14H12F2N2O2S/c1-17-14-9(3-2-4-12(14)18(19)20)8-21-13-7-10(15)5-6-11(13)16/h2-7,17H,8H2,1H3. The molecule has 7 heteroatoms. The van der Waals surface area contributed by atoms with Crippen molar-refractivity contribution in [3.8, 4) is 0 Å². The fourth-order valence-corrected chi connectivity index (χ4v) is 2.84. The van der Waals surface area contributed by atoms with Gasteiger partial charge < -0.3 is 5.32 Å². The van der Waals surface area contributed by atoms with E-state index < -0.39 is 16.6 Å². The Morgan fingerprint density at radius 2 is 2.05 bits per heavy atom. The van der Waals surface area contributed by atoms with Gasteiger partial charge in [0.2, 0.25) is 0 Å². The first-order chi connectivity index (χ1) is 10.0. The normalized spacial score (nSPS) is 10.4. The minimum Gasteiger partial charge on any atom is -0.382 e. The fraction of sp³-hybridized carbons (Fsp3) is 0.143. The summed E-state index contributed by atoms with van der Waals surface area (Å²) in [5, 5.41) is 13.7. The molecule has 0 spiro atoms. The van der Waals surface area contributed by atoms with Gasteiger partial charge >= 0.3 is 0 Å². The van der Waals surface area contributed by atoms with Gasteiger partial charge in [0.05, 0.1) is 4.92 Å². The Morgan fingerprint density at radius 1 is 1.29 bits per heavy atom. The molecule has 0 atom stereocenters. The Balaban J connectivity index is 2.26. The second kappa shape index (κ2) is 6.53. The van der Waals surface area contributed by atoms with Gasteiger partial charge in [0.25, 0.3) is 5.69 Å². The highest BCUT2D eigenvalue weighted by molar-refractivity contribution is 7.98. The van der Waals surface area contributed by atoms with Crippen LogP contribution in [0.5, 0.6) is 0 Å². The van der Waals surface area contributed by atoms with Crippen LogP contribution in [0.1, 0.15) is 5.56 Å². The number of nitrogens with one attached hydrogen (secondary N) is 1. The summed E-state index contributed by atoms with van der Waals surface area (Å²) < 4.78 is 26.7. The molecule has 4 nitrogen and oxygen atoms in total. The van der Waals surface area contributed by atoms with E-state index in [-0.39, 0.29) is 16.3 Å². The van der Waals surface area contributed by atoms with Crippen LogP contribution in [0.15, 0.2) is 41.3 Å². The lowest BCUT2D eigenvalue weighted by Crippen LogP contribution is -2.00. The zero-order chi connectivity index (χ0) is 15.4. The number of anilines is 1. The molecule has 0 bridgehead atoms. The lowest BCUT2D eigenvalue weighted by atomic mass is 10.1. The molecule has 0 aliphatic carbocycles. The third-order valence-corrected chi connectivity index (χ3v) is 3.93. The highest BCUT2D eigenvalue weighted by atomic mass is 32.2. The minimum absolute atomic E-state index is 0.0460. The van der Waals surface area contributed by atoms with Gasteiger partial charge in [-0.3, -0.25) is 10.1 Å². The van der Waals surface area contributed by atoms with Crippen molar-refractivity contribution in [2.45, 2.75) is 10.6 Å². The average molecular weight is 310 g/mol. The largest absolute Gasteiger partial charge is 0.382 e. The Bertz CT molecular complexity index is 680. The SMILES string of the molecule is CNc1c(CSc2cc(F)ccc2F)cccc1[N+](=O)[O-]. The molecule has 0 saturated heterocycles. The minimum atomic E-state index is -0.521. The quantitative estimate of drug-likeness (QED) is 0.511. The maximum absolute atomic E-state index is 13.6. The smallest absolute Gasteiger partial charge is 0.292 e. The van der Waals surface area contributed by atoms with Crippen molar-refractivity contribution in [2.24, 2.45) is 0 Å². The molecule has 0 unspecified atom stereocenters.